The fourth-order valence-electron chi connectivity index (χ4n) is 3.55. The Morgan fingerprint density at radius 3 is 2.54 bits per heavy atom. The van der Waals surface area contributed by atoms with E-state index in [9.17, 15) is 9.59 Å². The third-order valence-corrected chi connectivity index (χ3v) is 5.02. The maximum absolute atomic E-state index is 13.1. The molecule has 0 bridgehead atoms. The molecule has 0 saturated carbocycles. The van der Waals surface area contributed by atoms with Gasteiger partial charge < -0.3 is 14.5 Å². The Bertz CT molecular complexity index is 792. The fourth-order valence-corrected chi connectivity index (χ4v) is 3.55. The zero-order chi connectivity index (χ0) is 19.9. The first kappa shape index (κ1) is 19.9. The highest BCUT2D eigenvalue weighted by atomic mass is 16.5. The first-order chi connectivity index (χ1) is 13.6. The molecule has 1 aliphatic heterocycles. The van der Waals surface area contributed by atoms with Gasteiger partial charge in [-0.05, 0) is 41.8 Å². The van der Waals surface area contributed by atoms with Gasteiger partial charge in [-0.15, -0.1) is 0 Å². The summed E-state index contributed by atoms with van der Waals surface area (Å²) in [4.78, 5) is 33.2. The Labute approximate surface area is 166 Å². The molecule has 1 unspecified atom stereocenters. The highest BCUT2D eigenvalue weighted by Crippen LogP contribution is 2.23. The van der Waals surface area contributed by atoms with E-state index in [1.54, 1.807) is 24.4 Å². The van der Waals surface area contributed by atoms with Crippen molar-refractivity contribution in [3.8, 4) is 5.75 Å². The fraction of sp³-hybridized carbons (Fsp3) is 0.409. The predicted molar refractivity (Wildman–Crippen MR) is 106 cm³/mol. The first-order valence-electron chi connectivity index (χ1n) is 9.69. The van der Waals surface area contributed by atoms with Gasteiger partial charge in [-0.3, -0.25) is 14.6 Å². The molecule has 6 nitrogen and oxygen atoms in total. The highest BCUT2D eigenvalue weighted by Gasteiger charge is 2.36. The minimum Gasteiger partial charge on any atom is -0.497 e. The van der Waals surface area contributed by atoms with E-state index in [1.807, 2.05) is 41.3 Å². The standard InChI is InChI=1S/C22H27N3O3/c1-3-12-24(14-17-4-6-20(28-2)7-5-17)22(27)19-13-21(26)25(16-19)15-18-8-10-23-11-9-18/h4-11,19H,3,12-16H2,1-2H3. The number of carbonyl (C=O) groups excluding carboxylic acids is 2. The lowest BCUT2D eigenvalue weighted by atomic mass is 10.1. The van der Waals surface area contributed by atoms with Crippen LogP contribution in [0.4, 0.5) is 0 Å². The summed E-state index contributed by atoms with van der Waals surface area (Å²) in [6.45, 7) is 4.29. The van der Waals surface area contributed by atoms with Gasteiger partial charge in [-0.25, -0.2) is 0 Å². The van der Waals surface area contributed by atoms with Crippen molar-refractivity contribution in [1.82, 2.24) is 14.8 Å². The SMILES string of the molecule is CCCN(Cc1ccc(OC)cc1)C(=O)C1CC(=O)N(Cc2ccncc2)C1. The van der Waals surface area contributed by atoms with Crippen molar-refractivity contribution in [1.29, 1.82) is 0 Å². The van der Waals surface area contributed by atoms with E-state index in [4.69, 9.17) is 4.74 Å². The Hall–Kier alpha value is -2.89. The van der Waals surface area contributed by atoms with E-state index in [-0.39, 0.29) is 24.2 Å². The lowest BCUT2D eigenvalue weighted by Crippen LogP contribution is -2.37. The van der Waals surface area contributed by atoms with Crippen LogP contribution in [-0.4, -0.2) is 46.8 Å². The number of pyridine rings is 1. The molecule has 0 radical (unpaired) electrons. The van der Waals surface area contributed by atoms with E-state index in [2.05, 4.69) is 11.9 Å². The summed E-state index contributed by atoms with van der Waals surface area (Å²) in [7, 11) is 1.64. The third kappa shape index (κ3) is 4.88. The number of likely N-dealkylation sites (tertiary alicyclic amines) is 1. The lowest BCUT2D eigenvalue weighted by molar-refractivity contribution is -0.136. The summed E-state index contributed by atoms with van der Waals surface area (Å²) in [5, 5.41) is 0. The quantitative estimate of drug-likeness (QED) is 0.705. The molecule has 1 aromatic carbocycles. The van der Waals surface area contributed by atoms with Gasteiger partial charge in [0.15, 0.2) is 0 Å². The second-order valence-electron chi connectivity index (χ2n) is 7.14. The van der Waals surface area contributed by atoms with Crippen LogP contribution in [0.2, 0.25) is 0 Å². The summed E-state index contributed by atoms with van der Waals surface area (Å²) < 4.78 is 5.20. The van der Waals surface area contributed by atoms with E-state index in [0.717, 1.165) is 23.3 Å². The monoisotopic (exact) mass is 381 g/mol. The largest absolute Gasteiger partial charge is 0.497 e. The van der Waals surface area contributed by atoms with Crippen molar-refractivity contribution in [3.63, 3.8) is 0 Å². The molecule has 0 N–H and O–H groups in total. The van der Waals surface area contributed by atoms with Crippen molar-refractivity contribution in [3.05, 3.63) is 59.9 Å². The Morgan fingerprint density at radius 2 is 1.89 bits per heavy atom. The van der Waals surface area contributed by atoms with Crippen molar-refractivity contribution in [2.75, 3.05) is 20.2 Å². The number of nitrogens with zero attached hydrogens (tertiary/aromatic N) is 3. The number of ether oxygens (including phenoxy) is 1. The van der Waals surface area contributed by atoms with Crippen molar-refractivity contribution >= 4 is 11.8 Å². The molecule has 3 rings (SSSR count). The van der Waals surface area contributed by atoms with Crippen LogP contribution in [0, 0.1) is 5.92 Å². The average molecular weight is 381 g/mol. The van der Waals surface area contributed by atoms with Gasteiger partial charge in [0.25, 0.3) is 0 Å². The molecule has 1 aliphatic rings. The second kappa shape index (κ2) is 9.35. The maximum Gasteiger partial charge on any atom is 0.228 e. The van der Waals surface area contributed by atoms with Gasteiger partial charge in [0.1, 0.15) is 5.75 Å². The molecule has 28 heavy (non-hydrogen) atoms. The van der Waals surface area contributed by atoms with Crippen LogP contribution in [-0.2, 0) is 22.7 Å². The van der Waals surface area contributed by atoms with Gasteiger partial charge >= 0.3 is 0 Å². The topological polar surface area (TPSA) is 62.7 Å². The molecule has 1 atom stereocenters. The van der Waals surface area contributed by atoms with Crippen LogP contribution in [0.3, 0.4) is 0 Å². The van der Waals surface area contributed by atoms with Gasteiger partial charge in [-0.1, -0.05) is 19.1 Å². The van der Waals surface area contributed by atoms with E-state index in [1.165, 1.54) is 0 Å². The molecule has 0 aliphatic carbocycles. The number of methoxy groups -OCH3 is 1. The summed E-state index contributed by atoms with van der Waals surface area (Å²) in [6, 6.07) is 11.6. The molecule has 148 valence electrons. The molecule has 1 fully saturated rings. The molecule has 0 spiro atoms. The van der Waals surface area contributed by atoms with Gasteiger partial charge in [0, 0.05) is 45.0 Å². The van der Waals surface area contributed by atoms with Crippen molar-refractivity contribution < 1.29 is 14.3 Å². The number of rotatable bonds is 8. The summed E-state index contributed by atoms with van der Waals surface area (Å²) in [5.74, 6) is 0.615. The lowest BCUT2D eigenvalue weighted by Gasteiger charge is -2.25. The van der Waals surface area contributed by atoms with Crippen LogP contribution in [0.15, 0.2) is 48.8 Å². The molecule has 2 aromatic rings. The molecular formula is C22H27N3O3. The van der Waals surface area contributed by atoms with E-state index >= 15 is 0 Å². The van der Waals surface area contributed by atoms with Crippen LogP contribution >= 0.6 is 0 Å². The van der Waals surface area contributed by atoms with E-state index in [0.29, 0.717) is 26.2 Å². The van der Waals surface area contributed by atoms with Crippen LogP contribution < -0.4 is 4.74 Å². The van der Waals surface area contributed by atoms with Gasteiger partial charge in [0.05, 0.1) is 13.0 Å². The van der Waals surface area contributed by atoms with Crippen molar-refractivity contribution in [2.24, 2.45) is 5.92 Å². The Morgan fingerprint density at radius 1 is 1.18 bits per heavy atom. The zero-order valence-corrected chi connectivity index (χ0v) is 16.5. The van der Waals surface area contributed by atoms with Crippen LogP contribution in [0.25, 0.3) is 0 Å². The zero-order valence-electron chi connectivity index (χ0n) is 16.5. The summed E-state index contributed by atoms with van der Waals surface area (Å²) in [6.07, 6.45) is 4.60. The smallest absolute Gasteiger partial charge is 0.228 e. The first-order valence-corrected chi connectivity index (χ1v) is 9.69. The predicted octanol–water partition coefficient (Wildman–Crippen LogP) is 2.88. The molecular weight excluding hydrogens is 354 g/mol. The minimum atomic E-state index is -0.279. The number of benzene rings is 1. The van der Waals surface area contributed by atoms with Crippen LogP contribution in [0.5, 0.6) is 5.75 Å². The number of carbonyl (C=O) groups is 2. The number of hydrogen-bond acceptors (Lipinski definition) is 4. The van der Waals surface area contributed by atoms with E-state index < -0.39 is 0 Å². The molecule has 2 amide bonds. The molecule has 1 saturated heterocycles. The normalized spacial score (nSPS) is 16.3. The minimum absolute atomic E-state index is 0.0380. The van der Waals surface area contributed by atoms with Crippen LogP contribution in [0.1, 0.15) is 30.9 Å². The number of aromatic nitrogens is 1. The number of hydrogen-bond donors (Lipinski definition) is 0. The maximum atomic E-state index is 13.1. The third-order valence-electron chi connectivity index (χ3n) is 5.02. The number of amides is 2. The highest BCUT2D eigenvalue weighted by molar-refractivity contribution is 5.89. The second-order valence-corrected chi connectivity index (χ2v) is 7.14. The van der Waals surface area contributed by atoms with Gasteiger partial charge in [-0.2, -0.15) is 0 Å². The molecule has 6 heteroatoms. The average Bonchev–Trinajstić information content (AvgIpc) is 3.08. The van der Waals surface area contributed by atoms with Gasteiger partial charge in [0.2, 0.25) is 11.8 Å². The summed E-state index contributed by atoms with van der Waals surface area (Å²) >= 11 is 0. The Kier molecular flexibility index (Phi) is 6.63. The summed E-state index contributed by atoms with van der Waals surface area (Å²) in [5.41, 5.74) is 2.08. The molecule has 2 heterocycles. The molecule has 1 aromatic heterocycles. The van der Waals surface area contributed by atoms with Crippen molar-refractivity contribution in [2.45, 2.75) is 32.9 Å². The Balaban J connectivity index is 1.64.